The lowest BCUT2D eigenvalue weighted by Gasteiger charge is -2.35. The topological polar surface area (TPSA) is 51.2 Å². The molecule has 0 radical (unpaired) electrons. The predicted octanol–water partition coefficient (Wildman–Crippen LogP) is 2.61. The molecule has 0 aromatic carbocycles. The highest BCUT2D eigenvalue weighted by Crippen LogP contribution is 2.39. The number of ether oxygens (including phenoxy) is 1. The summed E-state index contributed by atoms with van der Waals surface area (Å²) < 4.78 is 43.3. The van der Waals surface area contributed by atoms with Crippen LogP contribution in [-0.4, -0.2) is 29.5 Å². The van der Waals surface area contributed by atoms with Crippen LogP contribution in [0, 0.1) is 5.82 Å². The number of nitrogens with zero attached hydrogens (tertiary/aromatic N) is 1. The van der Waals surface area contributed by atoms with E-state index < -0.39 is 23.8 Å². The molecule has 1 N–H and O–H groups in total. The molecule has 0 atom stereocenters. The van der Waals surface area contributed by atoms with Crippen LogP contribution in [-0.2, 0) is 4.74 Å². The summed E-state index contributed by atoms with van der Waals surface area (Å²) in [7, 11) is 0. The van der Waals surface area contributed by atoms with E-state index in [1.54, 1.807) is 6.92 Å². The van der Waals surface area contributed by atoms with E-state index in [4.69, 9.17) is 4.74 Å². The average Bonchev–Trinajstić information content (AvgIpc) is 2.29. The number of hydrogen-bond acceptors (Lipinski definition) is 4. The summed E-state index contributed by atoms with van der Waals surface area (Å²) in [5.74, 6) is -4.03. The monoisotopic (exact) mass is 274 g/mol. The fourth-order valence-electron chi connectivity index (χ4n) is 1.88. The van der Waals surface area contributed by atoms with Crippen molar-refractivity contribution in [3.05, 3.63) is 23.6 Å². The number of carbonyl (C=O) groups excluding carboxylic acids is 1. The highest BCUT2D eigenvalue weighted by atomic mass is 19.3. The van der Waals surface area contributed by atoms with E-state index in [-0.39, 0.29) is 30.8 Å². The van der Waals surface area contributed by atoms with Gasteiger partial charge in [-0.15, -0.1) is 0 Å². The molecule has 1 fully saturated rings. The molecule has 1 heterocycles. The molecule has 1 aliphatic carbocycles. The molecule has 1 aromatic rings. The average molecular weight is 274 g/mol. The van der Waals surface area contributed by atoms with E-state index in [9.17, 15) is 18.0 Å². The molecule has 104 valence electrons. The van der Waals surface area contributed by atoms with Gasteiger partial charge in [-0.3, -0.25) is 0 Å². The summed E-state index contributed by atoms with van der Waals surface area (Å²) in [6, 6.07) is 0.505. The van der Waals surface area contributed by atoms with Crippen molar-refractivity contribution in [3.63, 3.8) is 0 Å². The van der Waals surface area contributed by atoms with Crippen LogP contribution < -0.4 is 5.32 Å². The van der Waals surface area contributed by atoms with Crippen molar-refractivity contribution in [2.24, 2.45) is 0 Å². The lowest BCUT2D eigenvalue weighted by molar-refractivity contribution is -0.0794. The molecule has 0 saturated heterocycles. The molecule has 0 amide bonds. The lowest BCUT2D eigenvalue weighted by Crippen LogP contribution is -2.44. The van der Waals surface area contributed by atoms with Gasteiger partial charge >= 0.3 is 5.97 Å². The van der Waals surface area contributed by atoms with Crippen LogP contribution >= 0.6 is 0 Å². The molecule has 1 aromatic heterocycles. The number of carbonyl (C=O) groups is 1. The third kappa shape index (κ3) is 3.15. The van der Waals surface area contributed by atoms with Gasteiger partial charge in [0.1, 0.15) is 17.2 Å². The highest BCUT2D eigenvalue weighted by molar-refractivity contribution is 5.94. The molecule has 7 heteroatoms. The number of nitrogens with one attached hydrogen (secondary N) is 1. The van der Waals surface area contributed by atoms with Gasteiger partial charge in [-0.25, -0.2) is 22.9 Å². The van der Waals surface area contributed by atoms with E-state index in [0.717, 1.165) is 12.3 Å². The summed E-state index contributed by atoms with van der Waals surface area (Å²) in [5, 5.41) is 2.71. The zero-order chi connectivity index (χ0) is 14.0. The SMILES string of the molecule is CCOC(=O)c1cc(F)cnc1NC1CC(F)(F)C1. The molecule has 2 rings (SSSR count). The maximum Gasteiger partial charge on any atom is 0.341 e. The zero-order valence-electron chi connectivity index (χ0n) is 10.3. The Balaban J connectivity index is 2.13. The van der Waals surface area contributed by atoms with Crippen LogP contribution in [0.2, 0.25) is 0 Å². The molecule has 0 unspecified atom stereocenters. The second-order valence-electron chi connectivity index (χ2n) is 4.38. The predicted molar refractivity (Wildman–Crippen MR) is 61.7 cm³/mol. The second kappa shape index (κ2) is 5.07. The number of pyridine rings is 1. The molecule has 0 bridgehead atoms. The molecule has 19 heavy (non-hydrogen) atoms. The van der Waals surface area contributed by atoms with Gasteiger partial charge in [0.25, 0.3) is 5.92 Å². The normalized spacial score (nSPS) is 17.7. The largest absolute Gasteiger partial charge is 0.462 e. The van der Waals surface area contributed by atoms with Crippen LogP contribution in [0.4, 0.5) is 19.0 Å². The number of anilines is 1. The molecule has 1 saturated carbocycles. The van der Waals surface area contributed by atoms with Crippen LogP contribution in [0.5, 0.6) is 0 Å². The fourth-order valence-corrected chi connectivity index (χ4v) is 1.88. The Hall–Kier alpha value is -1.79. The number of halogens is 3. The fraction of sp³-hybridized carbons (Fsp3) is 0.500. The summed E-state index contributed by atoms with van der Waals surface area (Å²) >= 11 is 0. The van der Waals surface area contributed by atoms with Crippen LogP contribution in [0.25, 0.3) is 0 Å². The minimum absolute atomic E-state index is 0.0698. The highest BCUT2D eigenvalue weighted by Gasteiger charge is 2.45. The van der Waals surface area contributed by atoms with E-state index in [1.807, 2.05) is 0 Å². The first-order valence-electron chi connectivity index (χ1n) is 5.88. The molecular formula is C12H13F3N2O2. The zero-order valence-corrected chi connectivity index (χ0v) is 10.3. The molecule has 1 aliphatic rings. The molecular weight excluding hydrogens is 261 g/mol. The van der Waals surface area contributed by atoms with E-state index in [2.05, 4.69) is 10.3 Å². The summed E-state index contributed by atoms with van der Waals surface area (Å²) in [6.45, 7) is 1.75. The standard InChI is InChI=1S/C12H13F3N2O2/c1-2-19-11(18)9-3-7(13)6-16-10(9)17-8-4-12(14,15)5-8/h3,6,8H,2,4-5H2,1H3,(H,16,17). The van der Waals surface area contributed by atoms with Crippen molar-refractivity contribution in [2.45, 2.75) is 31.7 Å². The number of rotatable bonds is 4. The number of esters is 1. The Morgan fingerprint density at radius 3 is 2.84 bits per heavy atom. The van der Waals surface area contributed by atoms with E-state index >= 15 is 0 Å². The van der Waals surface area contributed by atoms with Gasteiger partial charge in [-0.2, -0.15) is 0 Å². The van der Waals surface area contributed by atoms with Gasteiger partial charge in [0.2, 0.25) is 0 Å². The summed E-state index contributed by atoms with van der Waals surface area (Å²) in [6.07, 6.45) is 0.268. The van der Waals surface area contributed by atoms with E-state index in [1.165, 1.54) is 0 Å². The maximum absolute atomic E-state index is 13.1. The summed E-state index contributed by atoms with van der Waals surface area (Å²) in [5.41, 5.74) is -0.0860. The van der Waals surface area contributed by atoms with Crippen molar-refractivity contribution in [3.8, 4) is 0 Å². The van der Waals surface area contributed by atoms with Crippen molar-refractivity contribution in [1.29, 1.82) is 0 Å². The first kappa shape index (κ1) is 13.6. The minimum Gasteiger partial charge on any atom is -0.462 e. The van der Waals surface area contributed by atoms with Crippen molar-refractivity contribution in [2.75, 3.05) is 11.9 Å². The number of aromatic nitrogens is 1. The first-order chi connectivity index (χ1) is 8.91. The van der Waals surface area contributed by atoms with Crippen molar-refractivity contribution < 1.29 is 22.7 Å². The van der Waals surface area contributed by atoms with Gasteiger partial charge in [-0.1, -0.05) is 0 Å². The van der Waals surface area contributed by atoms with Crippen LogP contribution in [0.15, 0.2) is 12.3 Å². The van der Waals surface area contributed by atoms with Crippen LogP contribution in [0.3, 0.4) is 0 Å². The number of alkyl halides is 2. The van der Waals surface area contributed by atoms with E-state index in [0.29, 0.717) is 0 Å². The lowest BCUT2D eigenvalue weighted by atomic mass is 9.88. The third-order valence-electron chi connectivity index (χ3n) is 2.78. The Kier molecular flexibility index (Phi) is 3.64. The Bertz CT molecular complexity index is 486. The minimum atomic E-state index is -2.68. The van der Waals surface area contributed by atoms with Gasteiger partial charge in [0, 0.05) is 18.9 Å². The molecule has 0 aliphatic heterocycles. The van der Waals surface area contributed by atoms with Crippen molar-refractivity contribution >= 4 is 11.8 Å². The van der Waals surface area contributed by atoms with Gasteiger partial charge in [-0.05, 0) is 13.0 Å². The van der Waals surface area contributed by atoms with Gasteiger partial charge in [0.15, 0.2) is 0 Å². The number of hydrogen-bond donors (Lipinski definition) is 1. The van der Waals surface area contributed by atoms with Crippen LogP contribution in [0.1, 0.15) is 30.1 Å². The third-order valence-corrected chi connectivity index (χ3v) is 2.78. The summed E-state index contributed by atoms with van der Waals surface area (Å²) in [4.78, 5) is 15.3. The maximum atomic E-state index is 13.1. The molecule has 4 nitrogen and oxygen atoms in total. The molecule has 0 spiro atoms. The Morgan fingerprint density at radius 2 is 2.26 bits per heavy atom. The quantitative estimate of drug-likeness (QED) is 0.857. The second-order valence-corrected chi connectivity index (χ2v) is 4.38. The van der Waals surface area contributed by atoms with Gasteiger partial charge in [0.05, 0.1) is 12.8 Å². The smallest absolute Gasteiger partial charge is 0.341 e. The Labute approximate surface area is 108 Å². The Morgan fingerprint density at radius 1 is 1.58 bits per heavy atom. The van der Waals surface area contributed by atoms with Gasteiger partial charge < -0.3 is 10.1 Å². The first-order valence-corrected chi connectivity index (χ1v) is 5.88. The van der Waals surface area contributed by atoms with Crippen molar-refractivity contribution in [1.82, 2.24) is 4.98 Å².